The van der Waals surface area contributed by atoms with Gasteiger partial charge in [-0.2, -0.15) is 5.26 Å². The quantitative estimate of drug-likeness (QED) is 0.301. The van der Waals surface area contributed by atoms with Gasteiger partial charge in [-0.3, -0.25) is 0 Å². The molecular weight excluding hydrogens is 519 g/mol. The van der Waals surface area contributed by atoms with Crippen LogP contribution >= 0.6 is 15.9 Å². The van der Waals surface area contributed by atoms with Crippen molar-refractivity contribution in [3.63, 3.8) is 0 Å². The minimum atomic E-state index is -1.46. The van der Waals surface area contributed by atoms with Crippen molar-refractivity contribution in [3.8, 4) is 17.3 Å². The van der Waals surface area contributed by atoms with Crippen molar-refractivity contribution in [3.05, 3.63) is 81.8 Å². The predicted octanol–water partition coefficient (Wildman–Crippen LogP) is 6.00. The Bertz CT molecular complexity index is 1380. The van der Waals surface area contributed by atoms with Gasteiger partial charge in [0.15, 0.2) is 5.58 Å². The van der Waals surface area contributed by atoms with Gasteiger partial charge >= 0.3 is 0 Å². The number of nitrogens with one attached hydrogen (secondary N) is 1. The maximum absolute atomic E-state index is 14.7. The van der Waals surface area contributed by atoms with Gasteiger partial charge in [0.2, 0.25) is 0 Å². The number of rotatable bonds is 6. The first-order valence-electron chi connectivity index (χ1n) is 10.5. The Morgan fingerprint density at radius 2 is 1.97 bits per heavy atom. The van der Waals surface area contributed by atoms with Crippen LogP contribution in [-0.4, -0.2) is 19.4 Å². The molecule has 0 saturated heterocycles. The molecule has 0 fully saturated rings. The van der Waals surface area contributed by atoms with E-state index in [9.17, 15) is 14.2 Å². The van der Waals surface area contributed by atoms with Crippen LogP contribution in [0.5, 0.6) is 0 Å². The van der Waals surface area contributed by atoms with E-state index in [2.05, 4.69) is 30.8 Å². The molecule has 2 unspecified atom stereocenters. The molecule has 0 spiro atoms. The first-order chi connectivity index (χ1) is 16.2. The third kappa shape index (κ3) is 5.15. The maximum atomic E-state index is 14.7. The zero-order chi connectivity index (χ0) is 24.5. The monoisotopic (exact) mass is 540 g/mol. The SMILES string of the molecule is CC(C)(C)[S+]([O-])NC(Cc1nc(C#N)ccc1F)c1ccccc1-c1noc2cc(Br)ccc12. The molecule has 9 heteroatoms. The fourth-order valence-corrected chi connectivity index (χ4v) is 4.69. The van der Waals surface area contributed by atoms with E-state index in [1.165, 1.54) is 12.1 Å². The van der Waals surface area contributed by atoms with Crippen molar-refractivity contribution in [2.24, 2.45) is 0 Å². The zero-order valence-corrected chi connectivity index (χ0v) is 21.2. The molecule has 0 amide bonds. The lowest BCUT2D eigenvalue weighted by Gasteiger charge is -2.29. The smallest absolute Gasteiger partial charge is 0.168 e. The summed E-state index contributed by atoms with van der Waals surface area (Å²) in [6.07, 6.45) is 0.0848. The maximum Gasteiger partial charge on any atom is 0.168 e. The molecule has 0 aliphatic carbocycles. The average molecular weight is 541 g/mol. The van der Waals surface area contributed by atoms with Gasteiger partial charge in [-0.15, -0.1) is 4.72 Å². The summed E-state index contributed by atoms with van der Waals surface area (Å²) in [5, 5.41) is 14.3. The number of halogens is 2. The van der Waals surface area contributed by atoms with Gasteiger partial charge < -0.3 is 9.08 Å². The van der Waals surface area contributed by atoms with Crippen molar-refractivity contribution < 1.29 is 13.5 Å². The molecule has 2 heterocycles. The Hall–Kier alpha value is -2.77. The summed E-state index contributed by atoms with van der Waals surface area (Å²) in [5.74, 6) is -0.526. The Labute approximate surface area is 208 Å². The van der Waals surface area contributed by atoms with E-state index in [-0.39, 0.29) is 17.8 Å². The van der Waals surface area contributed by atoms with Crippen LogP contribution < -0.4 is 4.72 Å². The van der Waals surface area contributed by atoms with Crippen LogP contribution in [0.25, 0.3) is 22.2 Å². The third-order valence-corrected chi connectivity index (χ3v) is 7.37. The molecule has 2 atom stereocenters. The normalized spacial score (nSPS) is 13.6. The summed E-state index contributed by atoms with van der Waals surface area (Å²) < 4.78 is 36.8. The fraction of sp³-hybridized carbons (Fsp3) is 0.240. The summed E-state index contributed by atoms with van der Waals surface area (Å²) >= 11 is 1.98. The second-order valence-corrected chi connectivity index (χ2v) is 11.7. The van der Waals surface area contributed by atoms with Crippen LogP contribution in [0.4, 0.5) is 4.39 Å². The highest BCUT2D eigenvalue weighted by atomic mass is 79.9. The van der Waals surface area contributed by atoms with Gasteiger partial charge in [-0.25, -0.2) is 9.37 Å². The number of benzene rings is 2. The van der Waals surface area contributed by atoms with Gasteiger partial charge in [0, 0.05) is 33.2 Å². The van der Waals surface area contributed by atoms with Crippen LogP contribution in [0.1, 0.15) is 43.8 Å². The van der Waals surface area contributed by atoms with Crippen LogP contribution in [0.2, 0.25) is 0 Å². The lowest BCUT2D eigenvalue weighted by atomic mass is 9.94. The first kappa shape index (κ1) is 24.4. The number of nitriles is 1. The van der Waals surface area contributed by atoms with E-state index < -0.39 is 28.0 Å². The minimum absolute atomic E-state index is 0.0848. The number of nitrogens with zero attached hydrogens (tertiary/aromatic N) is 3. The van der Waals surface area contributed by atoms with Crippen molar-refractivity contribution in [1.82, 2.24) is 14.9 Å². The zero-order valence-electron chi connectivity index (χ0n) is 18.8. The molecule has 34 heavy (non-hydrogen) atoms. The summed E-state index contributed by atoms with van der Waals surface area (Å²) in [5.41, 5.74) is 3.02. The fourth-order valence-electron chi connectivity index (χ4n) is 3.53. The molecule has 0 aliphatic heterocycles. The number of hydrogen-bond acceptors (Lipinski definition) is 6. The summed E-state index contributed by atoms with van der Waals surface area (Å²) in [4.78, 5) is 4.16. The minimum Gasteiger partial charge on any atom is -0.598 e. The average Bonchev–Trinajstić information content (AvgIpc) is 3.22. The molecule has 1 N–H and O–H groups in total. The molecule has 0 radical (unpaired) electrons. The largest absolute Gasteiger partial charge is 0.598 e. The second-order valence-electron chi connectivity index (χ2n) is 8.75. The molecule has 174 valence electrons. The highest BCUT2D eigenvalue weighted by Crippen LogP contribution is 2.36. The number of aromatic nitrogens is 2. The number of pyridine rings is 1. The van der Waals surface area contributed by atoms with Gasteiger partial charge in [0.1, 0.15) is 28.0 Å². The first-order valence-corrected chi connectivity index (χ1v) is 12.5. The summed E-state index contributed by atoms with van der Waals surface area (Å²) in [6, 6.07) is 17.1. The highest BCUT2D eigenvalue weighted by Gasteiger charge is 2.32. The topological polar surface area (TPSA) is 97.8 Å². The molecular formula is C25H22BrFN4O2S. The predicted molar refractivity (Wildman–Crippen MR) is 134 cm³/mol. The van der Waals surface area contributed by atoms with Gasteiger partial charge in [0.05, 0.1) is 11.7 Å². The lowest BCUT2D eigenvalue weighted by Crippen LogP contribution is -2.42. The molecule has 4 aromatic rings. The van der Waals surface area contributed by atoms with Crippen LogP contribution in [0.3, 0.4) is 0 Å². The molecule has 4 rings (SSSR count). The molecule has 2 aromatic heterocycles. The second kappa shape index (κ2) is 9.84. The van der Waals surface area contributed by atoms with Crippen molar-refractivity contribution in [2.45, 2.75) is 38.0 Å². The van der Waals surface area contributed by atoms with E-state index in [0.29, 0.717) is 11.3 Å². The van der Waals surface area contributed by atoms with Crippen LogP contribution in [0, 0.1) is 17.1 Å². The third-order valence-electron chi connectivity index (χ3n) is 5.26. The van der Waals surface area contributed by atoms with Crippen LogP contribution in [0.15, 0.2) is 63.6 Å². The Balaban J connectivity index is 1.83. The summed E-state index contributed by atoms with van der Waals surface area (Å²) in [7, 11) is 0. The van der Waals surface area contributed by atoms with Gasteiger partial charge in [0.25, 0.3) is 0 Å². The summed E-state index contributed by atoms with van der Waals surface area (Å²) in [6.45, 7) is 5.58. The standard InChI is InChI=1S/C25H22BrFN4O2S/c1-25(2,3)34(32)31-21(13-22-20(27)11-9-16(14-28)29-22)17-6-4-5-7-18(17)24-19-10-8-15(26)12-23(19)33-30-24/h4-12,21,31H,13H2,1-3H3. The van der Waals surface area contributed by atoms with Crippen molar-refractivity contribution >= 4 is 38.3 Å². The number of hydrogen-bond donors (Lipinski definition) is 1. The Morgan fingerprint density at radius 1 is 1.21 bits per heavy atom. The van der Waals surface area contributed by atoms with E-state index >= 15 is 0 Å². The lowest BCUT2D eigenvalue weighted by molar-refractivity contribution is 0.459. The Kier molecular flexibility index (Phi) is 7.05. The van der Waals surface area contributed by atoms with Crippen LogP contribution in [-0.2, 0) is 17.8 Å². The van der Waals surface area contributed by atoms with Gasteiger partial charge in [-0.05, 0) is 56.7 Å². The molecule has 0 bridgehead atoms. The highest BCUT2D eigenvalue weighted by molar-refractivity contribution is 9.10. The van der Waals surface area contributed by atoms with E-state index in [4.69, 9.17) is 4.52 Å². The van der Waals surface area contributed by atoms with E-state index in [0.717, 1.165) is 21.0 Å². The van der Waals surface area contributed by atoms with Crippen molar-refractivity contribution in [2.75, 3.05) is 0 Å². The Morgan fingerprint density at radius 3 is 2.71 bits per heavy atom. The van der Waals surface area contributed by atoms with Gasteiger partial charge in [-0.1, -0.05) is 45.4 Å². The van der Waals surface area contributed by atoms with E-state index in [1.54, 1.807) is 0 Å². The number of fused-ring (bicyclic) bond motifs is 1. The molecule has 0 saturated carbocycles. The van der Waals surface area contributed by atoms with Crippen molar-refractivity contribution in [1.29, 1.82) is 5.26 Å². The van der Waals surface area contributed by atoms with E-state index in [1.807, 2.05) is 69.3 Å². The molecule has 2 aromatic carbocycles. The molecule has 6 nitrogen and oxygen atoms in total. The molecule has 0 aliphatic rings.